The van der Waals surface area contributed by atoms with Gasteiger partial charge in [-0.1, -0.05) is 12.1 Å². The van der Waals surface area contributed by atoms with Gasteiger partial charge < -0.3 is 14.7 Å². The summed E-state index contributed by atoms with van der Waals surface area (Å²) in [4.78, 5) is 55.8. The monoisotopic (exact) mass is 372 g/mol. The lowest BCUT2D eigenvalue weighted by atomic mass is 10.1. The summed E-state index contributed by atoms with van der Waals surface area (Å²) in [5, 5.41) is 0. The van der Waals surface area contributed by atoms with Crippen molar-refractivity contribution in [3.8, 4) is 0 Å². The highest BCUT2D eigenvalue weighted by molar-refractivity contribution is 6.22. The summed E-state index contributed by atoms with van der Waals surface area (Å²) in [6, 6.07) is 6.56. The van der Waals surface area contributed by atoms with Crippen LogP contribution in [-0.4, -0.2) is 89.2 Å². The molecule has 8 heteroatoms. The Balaban J connectivity index is 1.57. The molecule has 1 aromatic rings. The van der Waals surface area contributed by atoms with Gasteiger partial charge in [0.1, 0.15) is 6.54 Å². The highest BCUT2D eigenvalue weighted by Gasteiger charge is 2.37. The number of amides is 5. The molecule has 8 nitrogen and oxygen atoms in total. The van der Waals surface area contributed by atoms with Crippen LogP contribution in [0.3, 0.4) is 0 Å². The van der Waals surface area contributed by atoms with Gasteiger partial charge in [-0.3, -0.25) is 19.3 Å². The van der Waals surface area contributed by atoms with E-state index in [-0.39, 0.29) is 18.5 Å². The zero-order valence-corrected chi connectivity index (χ0v) is 15.7. The van der Waals surface area contributed by atoms with Crippen molar-refractivity contribution in [2.45, 2.75) is 13.8 Å². The summed E-state index contributed by atoms with van der Waals surface area (Å²) in [5.41, 5.74) is 0.676. The standard InChI is InChI=1S/C19H24N4O4/c1-3-20(4-2)19(27)22-11-9-21(10-12-22)16(24)13-23-17(25)14-7-5-6-8-15(14)18(23)26/h5-8H,3-4,9-13H2,1-2H3. The molecule has 0 saturated carbocycles. The summed E-state index contributed by atoms with van der Waals surface area (Å²) < 4.78 is 0. The van der Waals surface area contributed by atoms with Crippen LogP contribution in [0.1, 0.15) is 34.6 Å². The van der Waals surface area contributed by atoms with E-state index >= 15 is 0 Å². The van der Waals surface area contributed by atoms with E-state index in [0.29, 0.717) is 50.4 Å². The molecule has 0 bridgehead atoms. The molecule has 1 fully saturated rings. The fraction of sp³-hybridized carbons (Fsp3) is 0.474. The van der Waals surface area contributed by atoms with Crippen molar-refractivity contribution in [2.75, 3.05) is 45.8 Å². The Labute approximate surface area is 158 Å². The molecule has 0 spiro atoms. The zero-order valence-electron chi connectivity index (χ0n) is 15.7. The summed E-state index contributed by atoms with van der Waals surface area (Å²) >= 11 is 0. The third-order valence-corrected chi connectivity index (χ3v) is 5.11. The van der Waals surface area contributed by atoms with Crippen molar-refractivity contribution in [3.05, 3.63) is 35.4 Å². The third-order valence-electron chi connectivity index (χ3n) is 5.11. The van der Waals surface area contributed by atoms with Gasteiger partial charge in [0, 0.05) is 39.3 Å². The summed E-state index contributed by atoms with van der Waals surface area (Å²) in [5.74, 6) is -1.14. The Hall–Kier alpha value is -2.90. The minimum atomic E-state index is -0.431. The quantitative estimate of drug-likeness (QED) is 0.735. The first-order valence-electron chi connectivity index (χ1n) is 9.24. The molecule has 1 aromatic carbocycles. The molecular formula is C19H24N4O4. The number of hydrogen-bond acceptors (Lipinski definition) is 4. The lowest BCUT2D eigenvalue weighted by molar-refractivity contribution is -0.132. The molecule has 0 N–H and O–H groups in total. The SMILES string of the molecule is CCN(CC)C(=O)N1CCN(C(=O)CN2C(=O)c3ccccc3C2=O)CC1. The molecule has 2 heterocycles. The summed E-state index contributed by atoms with van der Waals surface area (Å²) in [6.45, 7) is 6.59. The minimum Gasteiger partial charge on any atom is -0.338 e. The molecular weight excluding hydrogens is 348 g/mol. The van der Waals surface area contributed by atoms with Gasteiger partial charge in [0.2, 0.25) is 5.91 Å². The largest absolute Gasteiger partial charge is 0.338 e. The Morgan fingerprint density at radius 2 is 1.37 bits per heavy atom. The van der Waals surface area contributed by atoms with Crippen LogP contribution in [0, 0.1) is 0 Å². The third kappa shape index (κ3) is 3.51. The summed E-state index contributed by atoms with van der Waals surface area (Å²) in [7, 11) is 0. The smallest absolute Gasteiger partial charge is 0.320 e. The number of rotatable bonds is 4. The Kier molecular flexibility index (Phi) is 5.43. The number of piperazine rings is 1. The number of carbonyl (C=O) groups excluding carboxylic acids is 4. The molecule has 2 aliphatic rings. The van der Waals surface area contributed by atoms with Crippen molar-refractivity contribution in [2.24, 2.45) is 0 Å². The first-order valence-corrected chi connectivity index (χ1v) is 9.24. The number of nitrogens with zero attached hydrogens (tertiary/aromatic N) is 4. The Bertz CT molecular complexity index is 732. The van der Waals surface area contributed by atoms with Crippen LogP contribution in [0.2, 0.25) is 0 Å². The number of urea groups is 1. The van der Waals surface area contributed by atoms with Crippen molar-refractivity contribution in [3.63, 3.8) is 0 Å². The fourth-order valence-electron chi connectivity index (χ4n) is 3.46. The van der Waals surface area contributed by atoms with Crippen molar-refractivity contribution >= 4 is 23.8 Å². The van der Waals surface area contributed by atoms with Crippen molar-refractivity contribution in [1.82, 2.24) is 19.6 Å². The Morgan fingerprint density at radius 3 is 1.85 bits per heavy atom. The highest BCUT2D eigenvalue weighted by atomic mass is 16.2. The van der Waals surface area contributed by atoms with E-state index < -0.39 is 11.8 Å². The first-order chi connectivity index (χ1) is 13.0. The topological polar surface area (TPSA) is 81.2 Å². The number of benzene rings is 1. The Morgan fingerprint density at radius 1 is 0.889 bits per heavy atom. The molecule has 2 aliphatic heterocycles. The number of imide groups is 1. The van der Waals surface area contributed by atoms with Gasteiger partial charge in [-0.15, -0.1) is 0 Å². The van der Waals surface area contributed by atoms with Crippen molar-refractivity contribution < 1.29 is 19.2 Å². The molecule has 1 saturated heterocycles. The predicted octanol–water partition coefficient (Wildman–Crippen LogP) is 0.889. The van der Waals surface area contributed by atoms with Gasteiger partial charge in [-0.2, -0.15) is 0 Å². The fourth-order valence-corrected chi connectivity index (χ4v) is 3.46. The molecule has 0 aromatic heterocycles. The second-order valence-corrected chi connectivity index (χ2v) is 6.56. The van der Waals surface area contributed by atoms with E-state index in [0.717, 1.165) is 4.90 Å². The van der Waals surface area contributed by atoms with Crippen LogP contribution >= 0.6 is 0 Å². The van der Waals surface area contributed by atoms with E-state index in [1.165, 1.54) is 0 Å². The molecule has 0 unspecified atom stereocenters. The molecule has 0 radical (unpaired) electrons. The second kappa shape index (κ2) is 7.77. The van der Waals surface area contributed by atoms with E-state index in [4.69, 9.17) is 0 Å². The van der Waals surface area contributed by atoms with E-state index in [1.54, 1.807) is 39.0 Å². The molecule has 144 valence electrons. The minimum absolute atomic E-state index is 0.0209. The van der Waals surface area contributed by atoms with Crippen LogP contribution < -0.4 is 0 Å². The number of carbonyl (C=O) groups is 4. The second-order valence-electron chi connectivity index (χ2n) is 6.56. The van der Waals surface area contributed by atoms with Gasteiger partial charge >= 0.3 is 6.03 Å². The van der Waals surface area contributed by atoms with E-state index in [2.05, 4.69) is 0 Å². The lowest BCUT2D eigenvalue weighted by Gasteiger charge is -2.37. The predicted molar refractivity (Wildman–Crippen MR) is 98.3 cm³/mol. The van der Waals surface area contributed by atoms with Crippen LogP contribution in [0.4, 0.5) is 4.79 Å². The maximum absolute atomic E-state index is 12.6. The molecule has 0 aliphatic carbocycles. The van der Waals surface area contributed by atoms with Gasteiger partial charge in [-0.05, 0) is 26.0 Å². The first kappa shape index (κ1) is 18.9. The molecule has 0 atom stereocenters. The van der Waals surface area contributed by atoms with Crippen LogP contribution in [0.15, 0.2) is 24.3 Å². The van der Waals surface area contributed by atoms with Crippen LogP contribution in [-0.2, 0) is 4.79 Å². The lowest BCUT2D eigenvalue weighted by Crippen LogP contribution is -2.55. The van der Waals surface area contributed by atoms with Gasteiger partial charge in [-0.25, -0.2) is 4.79 Å². The van der Waals surface area contributed by atoms with Gasteiger partial charge in [0.15, 0.2) is 0 Å². The normalized spacial score (nSPS) is 16.6. The maximum Gasteiger partial charge on any atom is 0.320 e. The number of hydrogen-bond donors (Lipinski definition) is 0. The maximum atomic E-state index is 12.6. The average molecular weight is 372 g/mol. The average Bonchev–Trinajstić information content (AvgIpc) is 2.94. The van der Waals surface area contributed by atoms with Gasteiger partial charge in [0.05, 0.1) is 11.1 Å². The van der Waals surface area contributed by atoms with Crippen LogP contribution in [0.5, 0.6) is 0 Å². The molecule has 5 amide bonds. The zero-order chi connectivity index (χ0) is 19.6. The van der Waals surface area contributed by atoms with Crippen molar-refractivity contribution in [1.29, 1.82) is 0 Å². The number of fused-ring (bicyclic) bond motifs is 1. The summed E-state index contributed by atoms with van der Waals surface area (Å²) in [6.07, 6.45) is 0. The van der Waals surface area contributed by atoms with E-state index in [1.807, 2.05) is 13.8 Å². The van der Waals surface area contributed by atoms with Crippen LogP contribution in [0.25, 0.3) is 0 Å². The van der Waals surface area contributed by atoms with E-state index in [9.17, 15) is 19.2 Å². The molecule has 27 heavy (non-hydrogen) atoms. The molecule has 3 rings (SSSR count). The van der Waals surface area contributed by atoms with Gasteiger partial charge in [0.25, 0.3) is 11.8 Å². The highest BCUT2D eigenvalue weighted by Crippen LogP contribution is 2.22.